The summed E-state index contributed by atoms with van der Waals surface area (Å²) < 4.78 is 37.5. The molecule has 12 heteroatoms. The summed E-state index contributed by atoms with van der Waals surface area (Å²) in [6.07, 6.45) is 11.0. The zero-order chi connectivity index (χ0) is 31.9. The average Bonchev–Trinajstić information content (AvgIpc) is 3.54. The third kappa shape index (κ3) is 5.99. The Morgan fingerprint density at radius 3 is 2.53 bits per heavy atom. The second kappa shape index (κ2) is 12.2. The van der Waals surface area contributed by atoms with E-state index in [2.05, 4.69) is 19.6 Å². The first kappa shape index (κ1) is 30.6. The molecule has 0 unspecified atom stereocenters. The number of rotatable bonds is 8. The summed E-state index contributed by atoms with van der Waals surface area (Å²) in [6, 6.07) is 11.3. The molecule has 11 nitrogen and oxygen atoms in total. The van der Waals surface area contributed by atoms with E-state index >= 15 is 0 Å². The first-order chi connectivity index (χ1) is 21.6. The van der Waals surface area contributed by atoms with Gasteiger partial charge in [-0.25, -0.2) is 9.71 Å². The number of aryl methyl sites for hydroxylation is 1. The van der Waals surface area contributed by atoms with Crippen LogP contribution in [-0.2, 0) is 35.1 Å². The lowest BCUT2D eigenvalue weighted by Gasteiger charge is -2.24. The number of nitrogens with one attached hydrogen (secondary N) is 2. The van der Waals surface area contributed by atoms with E-state index in [0.717, 1.165) is 63.4 Å². The molecule has 2 amide bonds. The van der Waals surface area contributed by atoms with Gasteiger partial charge in [0.05, 0.1) is 37.9 Å². The van der Waals surface area contributed by atoms with Gasteiger partial charge >= 0.3 is 10.2 Å². The van der Waals surface area contributed by atoms with Crippen molar-refractivity contribution in [2.24, 2.45) is 7.05 Å². The van der Waals surface area contributed by atoms with E-state index in [0.29, 0.717) is 17.2 Å². The molecule has 0 radical (unpaired) electrons. The van der Waals surface area contributed by atoms with Crippen molar-refractivity contribution in [1.29, 1.82) is 0 Å². The number of carbonyl (C=O) groups is 2. The minimum Gasteiger partial charge on any atom is -0.497 e. The number of imidazole rings is 1. The fourth-order valence-corrected chi connectivity index (χ4v) is 6.97. The Hall–Kier alpha value is -4.42. The zero-order valence-electron chi connectivity index (χ0n) is 26.0. The first-order valence-corrected chi connectivity index (χ1v) is 16.5. The molecule has 1 saturated carbocycles. The van der Waals surface area contributed by atoms with E-state index in [4.69, 9.17) is 4.74 Å². The molecule has 1 aliphatic heterocycles. The quantitative estimate of drug-likeness (QED) is 0.298. The van der Waals surface area contributed by atoms with Crippen LogP contribution in [0.5, 0.6) is 5.75 Å². The van der Waals surface area contributed by atoms with Gasteiger partial charge < -0.3 is 19.2 Å². The fourth-order valence-electron chi connectivity index (χ4n) is 6.43. The summed E-state index contributed by atoms with van der Waals surface area (Å²) in [5, 5.41) is 4.02. The van der Waals surface area contributed by atoms with Gasteiger partial charge in [0.25, 0.3) is 5.91 Å². The van der Waals surface area contributed by atoms with Gasteiger partial charge in [0.2, 0.25) is 5.91 Å². The summed E-state index contributed by atoms with van der Waals surface area (Å²) in [6.45, 7) is 0.532. The topological polar surface area (TPSA) is 128 Å². The SMILES string of the molecule is COc1ccc2c(c1)C=C(C(=O)NCc1cn(C)cn1)Cn1c-2c(C2CCCCC2)c2ccc(C(=O)NS(=O)(=O)N(C)C)cc21. The Kier molecular flexibility index (Phi) is 8.27. The average molecular weight is 631 g/mol. The van der Waals surface area contributed by atoms with E-state index < -0.39 is 16.1 Å². The molecular formula is C33H38N6O5S. The Morgan fingerprint density at radius 2 is 1.84 bits per heavy atom. The van der Waals surface area contributed by atoms with E-state index in [1.165, 1.54) is 26.1 Å². The molecule has 0 atom stereocenters. The lowest BCUT2D eigenvalue weighted by Crippen LogP contribution is -2.39. The number of ether oxygens (including phenoxy) is 1. The maximum atomic E-state index is 13.8. The van der Waals surface area contributed by atoms with E-state index in [1.807, 2.05) is 48.2 Å². The van der Waals surface area contributed by atoms with Crippen molar-refractivity contribution < 1.29 is 22.7 Å². The van der Waals surface area contributed by atoms with Crippen LogP contribution >= 0.6 is 0 Å². The van der Waals surface area contributed by atoms with Crippen molar-refractivity contribution in [2.75, 3.05) is 21.2 Å². The van der Waals surface area contributed by atoms with E-state index in [-0.39, 0.29) is 24.6 Å². The molecule has 1 fully saturated rings. The second-order valence-corrected chi connectivity index (χ2v) is 13.9. The number of hydrogen-bond acceptors (Lipinski definition) is 6. The minimum atomic E-state index is -3.98. The van der Waals surface area contributed by atoms with E-state index in [9.17, 15) is 18.0 Å². The van der Waals surface area contributed by atoms with Crippen LogP contribution in [0.4, 0.5) is 0 Å². The number of benzene rings is 2. The normalized spacial score (nSPS) is 15.3. The molecule has 45 heavy (non-hydrogen) atoms. The van der Waals surface area contributed by atoms with Crippen molar-refractivity contribution in [2.45, 2.75) is 51.1 Å². The van der Waals surface area contributed by atoms with Gasteiger partial charge in [-0.2, -0.15) is 12.7 Å². The van der Waals surface area contributed by atoms with Gasteiger partial charge in [-0.05, 0) is 66.3 Å². The maximum absolute atomic E-state index is 13.8. The van der Waals surface area contributed by atoms with Crippen LogP contribution in [0.1, 0.15) is 65.2 Å². The number of hydrogen-bond donors (Lipinski definition) is 2. The van der Waals surface area contributed by atoms with Crippen molar-refractivity contribution in [3.8, 4) is 17.0 Å². The van der Waals surface area contributed by atoms with Gasteiger partial charge in [0, 0.05) is 54.9 Å². The predicted octanol–water partition coefficient (Wildman–Crippen LogP) is 4.35. The standard InChI is InChI=1S/C33H38N6O5S/c1-37(2)45(42,43)36-33(41)22-10-12-28-29(16-22)39-18-24(32(40)34-17-25-19-38(3)20-35-25)14-23-15-26(44-4)11-13-27(23)31(39)30(28)21-8-6-5-7-9-21/h10-16,19-21H,5-9,17-18H2,1-4H3,(H,34,40)(H,36,41). The highest BCUT2D eigenvalue weighted by molar-refractivity contribution is 7.87. The predicted molar refractivity (Wildman–Crippen MR) is 173 cm³/mol. The highest BCUT2D eigenvalue weighted by Gasteiger charge is 2.31. The molecule has 0 spiro atoms. The van der Waals surface area contributed by atoms with Crippen LogP contribution in [0.3, 0.4) is 0 Å². The number of carbonyl (C=O) groups excluding carboxylic acids is 2. The Balaban J connectivity index is 1.51. The molecule has 0 bridgehead atoms. The lowest BCUT2D eigenvalue weighted by atomic mass is 9.81. The molecule has 1 aliphatic carbocycles. The van der Waals surface area contributed by atoms with Crippen LogP contribution in [0.2, 0.25) is 0 Å². The minimum absolute atomic E-state index is 0.216. The van der Waals surface area contributed by atoms with Crippen molar-refractivity contribution in [3.05, 3.63) is 76.9 Å². The first-order valence-electron chi connectivity index (χ1n) is 15.1. The number of methoxy groups -OCH3 is 1. The number of amides is 2. The summed E-state index contributed by atoms with van der Waals surface area (Å²) in [5.41, 5.74) is 6.32. The largest absolute Gasteiger partial charge is 0.497 e. The molecule has 4 aromatic rings. The molecular weight excluding hydrogens is 592 g/mol. The number of fused-ring (bicyclic) bond motifs is 5. The number of nitrogens with zero attached hydrogens (tertiary/aromatic N) is 4. The van der Waals surface area contributed by atoms with Crippen molar-refractivity contribution >= 4 is 39.0 Å². The van der Waals surface area contributed by atoms with Crippen LogP contribution in [-0.4, -0.2) is 59.9 Å². The molecule has 2 aromatic carbocycles. The molecule has 2 aliphatic rings. The van der Waals surface area contributed by atoms with Crippen LogP contribution < -0.4 is 14.8 Å². The highest BCUT2D eigenvalue weighted by Crippen LogP contribution is 2.47. The molecule has 236 valence electrons. The summed E-state index contributed by atoms with van der Waals surface area (Å²) in [4.78, 5) is 31.3. The molecule has 2 aromatic heterocycles. The zero-order valence-corrected chi connectivity index (χ0v) is 26.8. The Labute approximate surface area is 263 Å². The molecule has 3 heterocycles. The molecule has 6 rings (SSSR count). The van der Waals surface area contributed by atoms with Gasteiger partial charge in [0.1, 0.15) is 5.75 Å². The molecule has 0 saturated heterocycles. The summed E-state index contributed by atoms with van der Waals surface area (Å²) in [5.74, 6) is 0.0427. The van der Waals surface area contributed by atoms with Crippen LogP contribution in [0, 0.1) is 0 Å². The maximum Gasteiger partial charge on any atom is 0.303 e. The second-order valence-electron chi connectivity index (χ2n) is 12.0. The van der Waals surface area contributed by atoms with Crippen LogP contribution in [0.25, 0.3) is 28.2 Å². The smallest absolute Gasteiger partial charge is 0.303 e. The third-order valence-corrected chi connectivity index (χ3v) is 10.1. The van der Waals surface area contributed by atoms with Crippen LogP contribution in [0.15, 0.2) is 54.5 Å². The summed E-state index contributed by atoms with van der Waals surface area (Å²) in [7, 11) is 2.24. The Bertz CT molecular complexity index is 1930. The highest BCUT2D eigenvalue weighted by atomic mass is 32.2. The number of aromatic nitrogens is 3. The van der Waals surface area contributed by atoms with Crippen molar-refractivity contribution in [1.82, 2.24) is 28.5 Å². The Morgan fingerprint density at radius 1 is 1.07 bits per heavy atom. The summed E-state index contributed by atoms with van der Waals surface area (Å²) >= 11 is 0. The van der Waals surface area contributed by atoms with E-state index in [1.54, 1.807) is 25.6 Å². The van der Waals surface area contributed by atoms with Gasteiger partial charge in [-0.15, -0.1) is 0 Å². The van der Waals surface area contributed by atoms with Gasteiger partial charge in [-0.1, -0.05) is 25.3 Å². The monoisotopic (exact) mass is 630 g/mol. The van der Waals surface area contributed by atoms with Gasteiger partial charge in [-0.3, -0.25) is 9.59 Å². The lowest BCUT2D eigenvalue weighted by molar-refractivity contribution is -0.117. The molecule has 2 N–H and O–H groups in total. The van der Waals surface area contributed by atoms with Gasteiger partial charge in [0.15, 0.2) is 0 Å². The fraction of sp³-hybridized carbons (Fsp3) is 0.364. The van der Waals surface area contributed by atoms with Crippen molar-refractivity contribution in [3.63, 3.8) is 0 Å². The third-order valence-electron chi connectivity index (χ3n) is 8.73.